The first-order valence-electron chi connectivity index (χ1n) is 8.83. The number of hydrogen-bond donors (Lipinski definition) is 1. The molecule has 0 aliphatic heterocycles. The summed E-state index contributed by atoms with van der Waals surface area (Å²) in [7, 11) is 0.155. The first-order valence-corrected chi connectivity index (χ1v) is 10.8. The van der Waals surface area contributed by atoms with Crippen molar-refractivity contribution < 1.29 is 13.2 Å². The van der Waals surface area contributed by atoms with Crippen molar-refractivity contribution in [2.24, 2.45) is 5.92 Å². The Labute approximate surface area is 165 Å². The van der Waals surface area contributed by atoms with Gasteiger partial charge in [-0.2, -0.15) is 0 Å². The summed E-state index contributed by atoms with van der Waals surface area (Å²) in [5, 5.41) is 2.42. The molecule has 0 unspecified atom stereocenters. The third-order valence-corrected chi connectivity index (χ3v) is 7.08. The van der Waals surface area contributed by atoms with Crippen LogP contribution in [0.5, 0.6) is 0 Å². The summed E-state index contributed by atoms with van der Waals surface area (Å²) < 4.78 is 26.5. The third-order valence-electron chi connectivity index (χ3n) is 4.71. The zero-order valence-corrected chi connectivity index (χ0v) is 16.9. The highest BCUT2D eigenvalue weighted by Crippen LogP contribution is 2.32. The maximum Gasteiger partial charge on any atom is 0.223 e. The van der Waals surface area contributed by atoms with Gasteiger partial charge in [-0.15, -0.1) is 0 Å². The molecule has 0 saturated heterocycles. The number of hydrogen-bond acceptors (Lipinski definition) is 4. The average molecular weight is 407 g/mol. The fourth-order valence-electron chi connectivity index (χ4n) is 2.87. The Morgan fingerprint density at radius 2 is 1.70 bits per heavy atom. The van der Waals surface area contributed by atoms with Crippen molar-refractivity contribution in [3.05, 3.63) is 59.1 Å². The van der Waals surface area contributed by atoms with Crippen LogP contribution in [0.25, 0.3) is 0 Å². The minimum absolute atomic E-state index is 0.0278. The molecule has 1 aliphatic rings. The summed E-state index contributed by atoms with van der Waals surface area (Å²) in [5.41, 5.74) is 1.62. The molecule has 0 aromatic heterocycles. The van der Waals surface area contributed by atoms with E-state index in [2.05, 4.69) is 5.32 Å². The Hall–Kier alpha value is -2.05. The molecule has 3 rings (SSSR count). The lowest BCUT2D eigenvalue weighted by atomic mass is 10.1. The lowest BCUT2D eigenvalue weighted by Gasteiger charge is -2.20. The smallest absolute Gasteiger partial charge is 0.223 e. The SMILES string of the molecule is CN(C)c1ccc([C@@H](CNC(=O)C2CC2)S(=O)(=O)c2ccc(Cl)cc2)cc1. The van der Waals surface area contributed by atoms with Crippen molar-refractivity contribution in [3.63, 3.8) is 0 Å². The van der Waals surface area contributed by atoms with Crippen molar-refractivity contribution in [2.75, 3.05) is 25.5 Å². The normalized spacial score (nSPS) is 15.2. The number of halogens is 1. The summed E-state index contributed by atoms with van der Waals surface area (Å²) in [6, 6.07) is 13.5. The van der Waals surface area contributed by atoms with E-state index in [9.17, 15) is 13.2 Å². The summed E-state index contributed by atoms with van der Waals surface area (Å²) in [5.74, 6) is -0.0452. The van der Waals surface area contributed by atoms with Crippen LogP contribution >= 0.6 is 11.6 Å². The number of rotatable bonds is 7. The molecule has 144 valence electrons. The second-order valence-corrected chi connectivity index (χ2v) is 9.56. The second-order valence-electron chi connectivity index (χ2n) is 6.99. The van der Waals surface area contributed by atoms with Crippen molar-refractivity contribution in [1.29, 1.82) is 0 Å². The van der Waals surface area contributed by atoms with Crippen LogP contribution in [-0.4, -0.2) is 35.0 Å². The van der Waals surface area contributed by atoms with Gasteiger partial charge in [0.1, 0.15) is 5.25 Å². The molecule has 0 spiro atoms. The Morgan fingerprint density at radius 3 is 2.22 bits per heavy atom. The van der Waals surface area contributed by atoms with Gasteiger partial charge in [0.05, 0.1) is 4.90 Å². The molecular formula is C20H23ClN2O3S. The zero-order valence-electron chi connectivity index (χ0n) is 15.4. The minimum atomic E-state index is -3.69. The maximum atomic E-state index is 13.3. The molecule has 0 bridgehead atoms. The standard InChI is InChI=1S/C20H23ClN2O3S/c1-23(2)17-9-5-14(6-10-17)19(13-22-20(24)15-3-4-15)27(25,26)18-11-7-16(21)8-12-18/h5-12,15,19H,3-4,13H2,1-2H3,(H,22,24)/t19-/m1/s1. The summed E-state index contributed by atoms with van der Waals surface area (Å²) >= 11 is 5.89. The Balaban J connectivity index is 1.92. The summed E-state index contributed by atoms with van der Waals surface area (Å²) in [6.45, 7) is 0.0433. The van der Waals surface area contributed by atoms with Crippen molar-refractivity contribution in [3.8, 4) is 0 Å². The van der Waals surface area contributed by atoms with Gasteiger partial charge in [-0.25, -0.2) is 8.42 Å². The van der Waals surface area contributed by atoms with E-state index < -0.39 is 15.1 Å². The molecule has 2 aromatic rings. The number of benzene rings is 2. The van der Waals surface area contributed by atoms with E-state index >= 15 is 0 Å². The second kappa shape index (κ2) is 7.90. The highest BCUT2D eigenvalue weighted by atomic mass is 35.5. The predicted molar refractivity (Wildman–Crippen MR) is 108 cm³/mol. The van der Waals surface area contributed by atoms with E-state index in [4.69, 9.17) is 11.6 Å². The van der Waals surface area contributed by atoms with E-state index in [-0.39, 0.29) is 23.3 Å². The minimum Gasteiger partial charge on any atom is -0.378 e. The van der Waals surface area contributed by atoms with Gasteiger partial charge in [0, 0.05) is 37.3 Å². The van der Waals surface area contributed by atoms with Gasteiger partial charge < -0.3 is 10.2 Å². The first-order chi connectivity index (χ1) is 12.8. The molecule has 0 radical (unpaired) electrons. The molecule has 2 aromatic carbocycles. The van der Waals surface area contributed by atoms with Crippen LogP contribution in [0.3, 0.4) is 0 Å². The summed E-state index contributed by atoms with van der Waals surface area (Å²) in [6.07, 6.45) is 1.75. The van der Waals surface area contributed by atoms with Gasteiger partial charge in [-0.3, -0.25) is 4.79 Å². The van der Waals surface area contributed by atoms with Crippen molar-refractivity contribution in [2.45, 2.75) is 23.0 Å². The van der Waals surface area contributed by atoms with Crippen LogP contribution < -0.4 is 10.2 Å². The van der Waals surface area contributed by atoms with E-state index in [0.29, 0.717) is 10.6 Å². The first kappa shape index (κ1) is 19.7. The highest BCUT2D eigenvalue weighted by Gasteiger charge is 2.33. The highest BCUT2D eigenvalue weighted by molar-refractivity contribution is 7.91. The number of carbonyl (C=O) groups is 1. The molecule has 0 heterocycles. The number of carbonyl (C=O) groups excluding carboxylic acids is 1. The quantitative estimate of drug-likeness (QED) is 0.764. The Bertz CT molecular complexity index is 905. The maximum absolute atomic E-state index is 13.3. The molecule has 1 atom stereocenters. The molecule has 1 saturated carbocycles. The molecular weight excluding hydrogens is 384 g/mol. The van der Waals surface area contributed by atoms with Gasteiger partial charge in [-0.05, 0) is 54.8 Å². The van der Waals surface area contributed by atoms with Gasteiger partial charge in [0.15, 0.2) is 9.84 Å². The molecule has 1 fully saturated rings. The van der Waals surface area contributed by atoms with Crippen LogP contribution in [0.15, 0.2) is 53.4 Å². The molecule has 1 aliphatic carbocycles. The van der Waals surface area contributed by atoms with Crippen LogP contribution in [0.1, 0.15) is 23.7 Å². The average Bonchev–Trinajstić information content (AvgIpc) is 3.47. The Morgan fingerprint density at radius 1 is 1.11 bits per heavy atom. The monoisotopic (exact) mass is 406 g/mol. The lowest BCUT2D eigenvalue weighted by Crippen LogP contribution is -2.32. The number of nitrogens with one attached hydrogen (secondary N) is 1. The van der Waals surface area contributed by atoms with E-state index in [1.807, 2.05) is 31.1 Å². The Kier molecular flexibility index (Phi) is 5.77. The van der Waals surface area contributed by atoms with Gasteiger partial charge in [0.2, 0.25) is 5.91 Å². The zero-order chi connectivity index (χ0) is 19.6. The predicted octanol–water partition coefficient (Wildman–Crippen LogP) is 3.45. The topological polar surface area (TPSA) is 66.5 Å². The van der Waals surface area contributed by atoms with Gasteiger partial charge >= 0.3 is 0 Å². The van der Waals surface area contributed by atoms with E-state index in [1.165, 1.54) is 12.1 Å². The summed E-state index contributed by atoms with van der Waals surface area (Å²) in [4.78, 5) is 14.2. The number of sulfone groups is 1. The largest absolute Gasteiger partial charge is 0.378 e. The molecule has 1 N–H and O–H groups in total. The van der Waals surface area contributed by atoms with Crippen LogP contribution in [0, 0.1) is 5.92 Å². The molecule has 27 heavy (non-hydrogen) atoms. The molecule has 5 nitrogen and oxygen atoms in total. The molecule has 1 amide bonds. The van der Waals surface area contributed by atoms with Crippen LogP contribution in [0.4, 0.5) is 5.69 Å². The fraction of sp³-hybridized carbons (Fsp3) is 0.350. The van der Waals surface area contributed by atoms with Crippen molar-refractivity contribution in [1.82, 2.24) is 5.32 Å². The van der Waals surface area contributed by atoms with Crippen LogP contribution in [-0.2, 0) is 14.6 Å². The van der Waals surface area contributed by atoms with E-state index in [1.54, 1.807) is 24.3 Å². The fourth-order valence-corrected chi connectivity index (χ4v) is 4.65. The molecule has 7 heteroatoms. The number of nitrogens with zero attached hydrogens (tertiary/aromatic N) is 1. The number of anilines is 1. The van der Waals surface area contributed by atoms with E-state index in [0.717, 1.165) is 18.5 Å². The van der Waals surface area contributed by atoms with Gasteiger partial charge in [0.25, 0.3) is 0 Å². The third kappa shape index (κ3) is 4.62. The van der Waals surface area contributed by atoms with Gasteiger partial charge in [-0.1, -0.05) is 23.7 Å². The lowest BCUT2D eigenvalue weighted by molar-refractivity contribution is -0.122. The van der Waals surface area contributed by atoms with Crippen molar-refractivity contribution >= 4 is 33.0 Å². The number of amides is 1. The van der Waals surface area contributed by atoms with Crippen LogP contribution in [0.2, 0.25) is 5.02 Å².